The SMILES string of the molecule is O=S(=O)(Nc1cc(F)ccc1F)c1cc(Cl)cc(Cl)c1. The molecule has 106 valence electrons. The summed E-state index contributed by atoms with van der Waals surface area (Å²) in [5.41, 5.74) is -0.499. The molecule has 2 aromatic rings. The van der Waals surface area contributed by atoms with Gasteiger partial charge >= 0.3 is 0 Å². The zero-order chi connectivity index (χ0) is 14.9. The molecule has 0 aliphatic heterocycles. The summed E-state index contributed by atoms with van der Waals surface area (Å²) < 4.78 is 52.5. The predicted octanol–water partition coefficient (Wildman–Crippen LogP) is 4.07. The topological polar surface area (TPSA) is 46.2 Å². The van der Waals surface area contributed by atoms with Gasteiger partial charge in [0.25, 0.3) is 10.0 Å². The number of hydrogen-bond acceptors (Lipinski definition) is 2. The van der Waals surface area contributed by atoms with Crippen LogP contribution < -0.4 is 4.72 Å². The third-order valence-electron chi connectivity index (χ3n) is 2.32. The van der Waals surface area contributed by atoms with Gasteiger partial charge in [0.05, 0.1) is 10.6 Å². The van der Waals surface area contributed by atoms with Crippen molar-refractivity contribution in [3.63, 3.8) is 0 Å². The average molecular weight is 338 g/mol. The number of nitrogens with one attached hydrogen (secondary N) is 1. The van der Waals surface area contributed by atoms with Crippen molar-refractivity contribution >= 4 is 38.9 Å². The van der Waals surface area contributed by atoms with Crippen LogP contribution in [0.4, 0.5) is 14.5 Å². The second kappa shape index (κ2) is 5.55. The summed E-state index contributed by atoms with van der Waals surface area (Å²) in [6.45, 7) is 0. The van der Waals surface area contributed by atoms with Gasteiger partial charge in [-0.1, -0.05) is 23.2 Å². The fraction of sp³-hybridized carbons (Fsp3) is 0. The van der Waals surface area contributed by atoms with Crippen molar-refractivity contribution in [1.29, 1.82) is 0 Å². The predicted molar refractivity (Wildman–Crippen MR) is 73.6 cm³/mol. The average Bonchev–Trinajstić information content (AvgIpc) is 2.32. The zero-order valence-electron chi connectivity index (χ0n) is 9.70. The van der Waals surface area contributed by atoms with E-state index in [-0.39, 0.29) is 14.9 Å². The summed E-state index contributed by atoms with van der Waals surface area (Å²) >= 11 is 11.4. The molecule has 0 unspecified atom stereocenters. The summed E-state index contributed by atoms with van der Waals surface area (Å²) in [5, 5.41) is 0.218. The number of hydrogen-bond donors (Lipinski definition) is 1. The van der Waals surface area contributed by atoms with E-state index < -0.39 is 27.3 Å². The molecule has 0 radical (unpaired) electrons. The molecule has 2 aromatic carbocycles. The Labute approximate surface area is 124 Å². The van der Waals surface area contributed by atoms with Gasteiger partial charge in [-0.15, -0.1) is 0 Å². The number of rotatable bonds is 3. The molecule has 0 saturated carbocycles. The summed E-state index contributed by atoms with van der Waals surface area (Å²) in [6, 6.07) is 6.07. The first-order valence-electron chi connectivity index (χ1n) is 5.22. The molecule has 0 heterocycles. The van der Waals surface area contributed by atoms with Crippen molar-refractivity contribution in [1.82, 2.24) is 0 Å². The molecular weight excluding hydrogens is 331 g/mol. The maximum atomic E-state index is 13.4. The maximum absolute atomic E-state index is 13.4. The second-order valence-electron chi connectivity index (χ2n) is 3.83. The third-order valence-corrected chi connectivity index (χ3v) is 4.10. The van der Waals surface area contributed by atoms with E-state index in [0.717, 1.165) is 30.3 Å². The molecule has 0 fully saturated rings. The molecule has 0 saturated heterocycles. The molecule has 3 nitrogen and oxygen atoms in total. The summed E-state index contributed by atoms with van der Waals surface area (Å²) in [6.07, 6.45) is 0. The third kappa shape index (κ3) is 3.39. The minimum absolute atomic E-state index is 0.109. The minimum Gasteiger partial charge on any atom is -0.277 e. The minimum atomic E-state index is -4.12. The molecule has 0 atom stereocenters. The van der Waals surface area contributed by atoms with Crippen LogP contribution in [0.15, 0.2) is 41.3 Å². The van der Waals surface area contributed by atoms with Gasteiger partial charge in [-0.3, -0.25) is 4.72 Å². The normalized spacial score (nSPS) is 11.4. The molecule has 2 rings (SSSR count). The zero-order valence-corrected chi connectivity index (χ0v) is 12.0. The quantitative estimate of drug-likeness (QED) is 0.917. The van der Waals surface area contributed by atoms with Gasteiger partial charge in [-0.25, -0.2) is 17.2 Å². The van der Waals surface area contributed by atoms with Gasteiger partial charge in [0, 0.05) is 16.1 Å². The first-order chi connectivity index (χ1) is 9.28. The lowest BCUT2D eigenvalue weighted by Crippen LogP contribution is -2.14. The monoisotopic (exact) mass is 337 g/mol. The smallest absolute Gasteiger partial charge is 0.262 e. The highest BCUT2D eigenvalue weighted by atomic mass is 35.5. The largest absolute Gasteiger partial charge is 0.277 e. The number of anilines is 1. The lowest BCUT2D eigenvalue weighted by atomic mass is 10.3. The lowest BCUT2D eigenvalue weighted by Gasteiger charge is -2.09. The number of halogens is 4. The van der Waals surface area contributed by atoms with Crippen LogP contribution in [0.2, 0.25) is 10.0 Å². The summed E-state index contributed by atoms with van der Waals surface area (Å²) in [7, 11) is -4.12. The molecule has 0 bridgehead atoms. The van der Waals surface area contributed by atoms with Gasteiger partial charge < -0.3 is 0 Å². The second-order valence-corrected chi connectivity index (χ2v) is 6.39. The van der Waals surface area contributed by atoms with Crippen molar-refractivity contribution in [2.24, 2.45) is 0 Å². The van der Waals surface area contributed by atoms with E-state index in [4.69, 9.17) is 23.2 Å². The molecule has 8 heteroatoms. The Balaban J connectivity index is 2.43. The van der Waals surface area contributed by atoms with E-state index in [1.165, 1.54) is 6.07 Å². The van der Waals surface area contributed by atoms with Gasteiger partial charge in [-0.2, -0.15) is 0 Å². The maximum Gasteiger partial charge on any atom is 0.262 e. The van der Waals surface area contributed by atoms with E-state index in [2.05, 4.69) is 0 Å². The van der Waals surface area contributed by atoms with Gasteiger partial charge in [0.2, 0.25) is 0 Å². The van der Waals surface area contributed by atoms with Gasteiger partial charge in [0.15, 0.2) is 0 Å². The van der Waals surface area contributed by atoms with E-state index in [1.54, 1.807) is 0 Å². The van der Waals surface area contributed by atoms with Crippen LogP contribution in [0.5, 0.6) is 0 Å². The van der Waals surface area contributed by atoms with Gasteiger partial charge in [-0.05, 0) is 30.3 Å². The highest BCUT2D eigenvalue weighted by Crippen LogP contribution is 2.25. The van der Waals surface area contributed by atoms with E-state index in [1.807, 2.05) is 4.72 Å². The molecular formula is C12H7Cl2F2NO2S. The highest BCUT2D eigenvalue weighted by Gasteiger charge is 2.18. The molecule has 0 aromatic heterocycles. The van der Waals surface area contributed by atoms with Gasteiger partial charge in [0.1, 0.15) is 11.6 Å². The number of benzene rings is 2. The van der Waals surface area contributed by atoms with Crippen molar-refractivity contribution < 1.29 is 17.2 Å². The van der Waals surface area contributed by atoms with Crippen molar-refractivity contribution in [2.75, 3.05) is 4.72 Å². The number of sulfonamides is 1. The van der Waals surface area contributed by atoms with Crippen LogP contribution in [-0.2, 0) is 10.0 Å². The standard InChI is InChI=1S/C12H7Cl2F2NO2S/c13-7-3-8(14)5-10(4-7)20(18,19)17-12-6-9(15)1-2-11(12)16/h1-6,17H. The van der Waals surface area contributed by atoms with Crippen LogP contribution >= 0.6 is 23.2 Å². The Morgan fingerprint density at radius 3 is 2.15 bits per heavy atom. The Hall–Kier alpha value is -1.37. The Morgan fingerprint density at radius 1 is 0.950 bits per heavy atom. The van der Waals surface area contributed by atoms with Crippen molar-refractivity contribution in [2.45, 2.75) is 4.90 Å². The van der Waals surface area contributed by atoms with Crippen LogP contribution in [0.3, 0.4) is 0 Å². The van der Waals surface area contributed by atoms with Crippen LogP contribution in [0.1, 0.15) is 0 Å². The van der Waals surface area contributed by atoms with Crippen LogP contribution in [-0.4, -0.2) is 8.42 Å². The Morgan fingerprint density at radius 2 is 1.55 bits per heavy atom. The first-order valence-corrected chi connectivity index (χ1v) is 7.46. The fourth-order valence-corrected chi connectivity index (χ4v) is 3.25. The van der Waals surface area contributed by atoms with E-state index in [0.29, 0.717) is 0 Å². The van der Waals surface area contributed by atoms with E-state index >= 15 is 0 Å². The van der Waals surface area contributed by atoms with Crippen LogP contribution in [0, 0.1) is 11.6 Å². The molecule has 0 aliphatic rings. The Kier molecular flexibility index (Phi) is 4.17. The van der Waals surface area contributed by atoms with Crippen LogP contribution in [0.25, 0.3) is 0 Å². The first kappa shape index (κ1) is 15.0. The summed E-state index contributed by atoms with van der Waals surface area (Å²) in [4.78, 5) is -0.251. The summed E-state index contributed by atoms with van der Waals surface area (Å²) in [5.74, 6) is -1.67. The van der Waals surface area contributed by atoms with Crippen molar-refractivity contribution in [3.05, 3.63) is 58.1 Å². The fourth-order valence-electron chi connectivity index (χ4n) is 1.46. The molecule has 0 spiro atoms. The Bertz CT molecular complexity index is 746. The van der Waals surface area contributed by atoms with Crippen molar-refractivity contribution in [3.8, 4) is 0 Å². The molecule has 1 N–H and O–H groups in total. The molecule has 0 aliphatic carbocycles. The molecule has 20 heavy (non-hydrogen) atoms. The highest BCUT2D eigenvalue weighted by molar-refractivity contribution is 7.92. The molecule has 0 amide bonds. The van der Waals surface area contributed by atoms with E-state index in [9.17, 15) is 17.2 Å². The lowest BCUT2D eigenvalue weighted by molar-refractivity contribution is 0.594.